The molecule has 2 aromatic carbocycles. The summed E-state index contributed by atoms with van der Waals surface area (Å²) in [5.41, 5.74) is 1.54. The lowest BCUT2D eigenvalue weighted by Gasteiger charge is -2.17. The largest absolute Gasteiger partial charge is 0.481 e. The molecule has 0 aliphatic carbocycles. The van der Waals surface area contributed by atoms with Crippen LogP contribution in [0.25, 0.3) is 22.1 Å². The third-order valence-corrected chi connectivity index (χ3v) is 7.13. The highest BCUT2D eigenvalue weighted by Gasteiger charge is 2.30. The number of carbonyl (C=O) groups is 1. The molecule has 0 saturated carbocycles. The smallest absolute Gasteiger partial charge is 0.261 e. The quantitative estimate of drug-likeness (QED) is 0.653. The van der Waals surface area contributed by atoms with Crippen molar-refractivity contribution < 1.29 is 22.4 Å². The van der Waals surface area contributed by atoms with Gasteiger partial charge in [-0.25, -0.2) is 8.42 Å². The third-order valence-electron chi connectivity index (χ3n) is 5.36. The minimum Gasteiger partial charge on any atom is -0.481 e. The Labute approximate surface area is 180 Å². The second kappa shape index (κ2) is 8.19. The maximum atomic E-state index is 13.0. The van der Waals surface area contributed by atoms with Crippen LogP contribution in [0.4, 0.5) is 0 Å². The van der Waals surface area contributed by atoms with Crippen LogP contribution in [0.3, 0.4) is 0 Å². The molecule has 3 aromatic rings. The lowest BCUT2D eigenvalue weighted by atomic mass is 10.0. The second-order valence-corrected chi connectivity index (χ2v) is 9.98. The molecule has 1 aromatic heterocycles. The van der Waals surface area contributed by atoms with Crippen molar-refractivity contribution in [3.05, 3.63) is 64.5 Å². The van der Waals surface area contributed by atoms with Crippen LogP contribution in [-0.4, -0.2) is 38.0 Å². The van der Waals surface area contributed by atoms with Crippen LogP contribution >= 0.6 is 0 Å². The number of rotatable bonds is 5. The first-order chi connectivity index (χ1) is 14.7. The SMILES string of the molecule is Cc1oc2cc(OC(C)C(=O)NC3CCS(=O)(=O)C3)ccc2c(=O)c1-c1ccccc1. The number of benzene rings is 2. The highest BCUT2D eigenvalue weighted by atomic mass is 32.2. The van der Waals surface area contributed by atoms with E-state index in [4.69, 9.17) is 9.15 Å². The summed E-state index contributed by atoms with van der Waals surface area (Å²) in [4.78, 5) is 25.4. The summed E-state index contributed by atoms with van der Waals surface area (Å²) in [5.74, 6) is 0.522. The Hall–Kier alpha value is -3.13. The maximum absolute atomic E-state index is 13.0. The van der Waals surface area contributed by atoms with Gasteiger partial charge in [0, 0.05) is 12.1 Å². The van der Waals surface area contributed by atoms with E-state index in [1.165, 1.54) is 0 Å². The van der Waals surface area contributed by atoms with Gasteiger partial charge in [0.1, 0.15) is 17.1 Å². The molecule has 7 nitrogen and oxygen atoms in total. The molecule has 1 fully saturated rings. The number of amides is 1. The standard InChI is InChI=1S/C23H23NO6S/c1-14-21(16-6-4-3-5-7-16)22(25)19-9-8-18(12-20(19)30-14)29-15(2)23(26)24-17-10-11-31(27,28)13-17/h3-9,12,15,17H,10-11,13H2,1-2H3,(H,24,26). The maximum Gasteiger partial charge on any atom is 0.261 e. The number of hydrogen-bond donors (Lipinski definition) is 1. The molecule has 2 atom stereocenters. The van der Waals surface area contributed by atoms with E-state index in [0.29, 0.717) is 34.5 Å². The second-order valence-electron chi connectivity index (χ2n) is 7.75. The fourth-order valence-corrected chi connectivity index (χ4v) is 5.46. The van der Waals surface area contributed by atoms with Crippen molar-refractivity contribution in [2.45, 2.75) is 32.4 Å². The van der Waals surface area contributed by atoms with Crippen LogP contribution in [0.2, 0.25) is 0 Å². The Kier molecular flexibility index (Phi) is 5.58. The molecule has 1 saturated heterocycles. The summed E-state index contributed by atoms with van der Waals surface area (Å²) in [7, 11) is -3.08. The first-order valence-electron chi connectivity index (χ1n) is 10.0. The van der Waals surface area contributed by atoms with Crippen molar-refractivity contribution in [1.82, 2.24) is 5.32 Å². The van der Waals surface area contributed by atoms with Gasteiger partial charge in [0.2, 0.25) is 5.43 Å². The van der Waals surface area contributed by atoms with Gasteiger partial charge in [-0.05, 0) is 38.0 Å². The van der Waals surface area contributed by atoms with Gasteiger partial charge in [-0.1, -0.05) is 30.3 Å². The molecule has 4 rings (SSSR count). The molecule has 31 heavy (non-hydrogen) atoms. The number of ether oxygens (including phenoxy) is 1. The van der Waals surface area contributed by atoms with E-state index in [9.17, 15) is 18.0 Å². The molecule has 2 heterocycles. The number of nitrogens with one attached hydrogen (secondary N) is 1. The Morgan fingerprint density at radius 1 is 1.19 bits per heavy atom. The van der Waals surface area contributed by atoms with Gasteiger partial charge in [0.05, 0.1) is 22.5 Å². The first kappa shape index (κ1) is 21.1. The lowest BCUT2D eigenvalue weighted by Crippen LogP contribution is -2.43. The zero-order valence-electron chi connectivity index (χ0n) is 17.3. The molecule has 1 amide bonds. The Morgan fingerprint density at radius 3 is 2.61 bits per heavy atom. The molecular formula is C23H23NO6S. The van der Waals surface area contributed by atoms with Crippen LogP contribution in [-0.2, 0) is 14.6 Å². The van der Waals surface area contributed by atoms with Gasteiger partial charge in [0.25, 0.3) is 5.91 Å². The topological polar surface area (TPSA) is 103 Å². The summed E-state index contributed by atoms with van der Waals surface area (Å²) < 4.78 is 34.7. The monoisotopic (exact) mass is 441 g/mol. The average molecular weight is 442 g/mol. The number of hydrogen-bond acceptors (Lipinski definition) is 6. The molecule has 2 unspecified atom stereocenters. The minimum absolute atomic E-state index is 0.0460. The van der Waals surface area contributed by atoms with Crippen LogP contribution in [0.1, 0.15) is 19.1 Å². The Morgan fingerprint density at radius 2 is 1.94 bits per heavy atom. The van der Waals surface area contributed by atoms with E-state index in [1.54, 1.807) is 32.0 Å². The molecule has 0 radical (unpaired) electrons. The number of carbonyl (C=O) groups excluding carboxylic acids is 1. The van der Waals surface area contributed by atoms with Crippen LogP contribution in [0.15, 0.2) is 57.7 Å². The van der Waals surface area contributed by atoms with E-state index >= 15 is 0 Å². The summed E-state index contributed by atoms with van der Waals surface area (Å²) >= 11 is 0. The molecule has 1 aliphatic rings. The zero-order valence-corrected chi connectivity index (χ0v) is 18.1. The van der Waals surface area contributed by atoms with Gasteiger partial charge < -0.3 is 14.5 Å². The predicted molar refractivity (Wildman–Crippen MR) is 118 cm³/mol. The van der Waals surface area contributed by atoms with Gasteiger partial charge in [-0.15, -0.1) is 0 Å². The summed E-state index contributed by atoms with van der Waals surface area (Å²) in [6.07, 6.45) is -0.428. The predicted octanol–water partition coefficient (Wildman–Crippen LogP) is 2.84. The van der Waals surface area contributed by atoms with Gasteiger partial charge >= 0.3 is 0 Å². The van der Waals surface area contributed by atoms with Gasteiger partial charge in [0.15, 0.2) is 15.9 Å². The summed E-state index contributed by atoms with van der Waals surface area (Å²) in [5, 5.41) is 3.14. The highest BCUT2D eigenvalue weighted by molar-refractivity contribution is 7.91. The van der Waals surface area contributed by atoms with Gasteiger partial charge in [-0.2, -0.15) is 0 Å². The van der Waals surface area contributed by atoms with Crippen molar-refractivity contribution in [2.75, 3.05) is 11.5 Å². The van der Waals surface area contributed by atoms with Gasteiger partial charge in [-0.3, -0.25) is 9.59 Å². The highest BCUT2D eigenvalue weighted by Crippen LogP contribution is 2.26. The van der Waals surface area contributed by atoms with Crippen LogP contribution < -0.4 is 15.5 Å². The molecule has 1 aliphatic heterocycles. The summed E-state index contributed by atoms with van der Waals surface area (Å²) in [6, 6.07) is 13.8. The number of fused-ring (bicyclic) bond motifs is 1. The molecular weight excluding hydrogens is 418 g/mol. The van der Waals surface area contributed by atoms with Crippen LogP contribution in [0, 0.1) is 6.92 Å². The normalized spacial score (nSPS) is 18.6. The Balaban J connectivity index is 1.54. The molecule has 0 spiro atoms. The summed E-state index contributed by atoms with van der Waals surface area (Å²) in [6.45, 7) is 3.32. The van der Waals surface area contributed by atoms with Crippen molar-refractivity contribution in [3.8, 4) is 16.9 Å². The van der Waals surface area contributed by atoms with Crippen molar-refractivity contribution in [1.29, 1.82) is 0 Å². The number of aryl methyl sites for hydroxylation is 1. The minimum atomic E-state index is -3.08. The van der Waals surface area contributed by atoms with E-state index in [2.05, 4.69) is 5.32 Å². The van der Waals surface area contributed by atoms with Crippen LogP contribution in [0.5, 0.6) is 5.75 Å². The lowest BCUT2D eigenvalue weighted by molar-refractivity contribution is -0.127. The number of sulfone groups is 1. The van der Waals surface area contributed by atoms with Crippen molar-refractivity contribution in [3.63, 3.8) is 0 Å². The van der Waals surface area contributed by atoms with Crippen molar-refractivity contribution in [2.24, 2.45) is 0 Å². The molecule has 162 valence electrons. The van der Waals surface area contributed by atoms with E-state index in [-0.39, 0.29) is 22.8 Å². The zero-order chi connectivity index (χ0) is 22.2. The van der Waals surface area contributed by atoms with E-state index in [0.717, 1.165) is 5.56 Å². The average Bonchev–Trinajstić information content (AvgIpc) is 3.06. The molecule has 8 heteroatoms. The molecule has 1 N–H and O–H groups in total. The first-order valence-corrected chi connectivity index (χ1v) is 11.9. The third kappa shape index (κ3) is 4.49. The van der Waals surface area contributed by atoms with E-state index in [1.807, 2.05) is 30.3 Å². The van der Waals surface area contributed by atoms with Crippen molar-refractivity contribution >= 4 is 26.7 Å². The fourth-order valence-electron chi connectivity index (χ4n) is 3.78. The Bertz CT molecular complexity index is 1300. The fraction of sp³-hybridized carbons (Fsp3) is 0.304. The molecule has 0 bridgehead atoms. The van der Waals surface area contributed by atoms with E-state index < -0.39 is 22.0 Å².